The molecule has 0 radical (unpaired) electrons. The molecule has 1 aromatic heterocycles. The van der Waals surface area contributed by atoms with Gasteiger partial charge in [-0.1, -0.05) is 23.9 Å². The van der Waals surface area contributed by atoms with Crippen LogP contribution < -0.4 is 10.2 Å². The van der Waals surface area contributed by atoms with Crippen LogP contribution in [-0.4, -0.2) is 35.2 Å². The van der Waals surface area contributed by atoms with Crippen LogP contribution >= 0.6 is 11.8 Å². The number of nitrogens with one attached hydrogen (secondary N) is 1. The molecule has 0 bridgehead atoms. The second-order valence-electron chi connectivity index (χ2n) is 6.65. The third kappa shape index (κ3) is 3.24. The third-order valence-corrected chi connectivity index (χ3v) is 6.02. The highest BCUT2D eigenvalue weighted by Crippen LogP contribution is 2.41. The summed E-state index contributed by atoms with van der Waals surface area (Å²) in [5.74, 6) is 0.818. The topological polar surface area (TPSA) is 65.5 Å². The van der Waals surface area contributed by atoms with Crippen molar-refractivity contribution in [2.45, 2.75) is 47.6 Å². The van der Waals surface area contributed by atoms with E-state index in [9.17, 15) is 9.90 Å². The van der Waals surface area contributed by atoms with E-state index >= 15 is 0 Å². The van der Waals surface area contributed by atoms with Gasteiger partial charge >= 0.3 is 0 Å². The molecule has 1 aliphatic carbocycles. The Balaban J connectivity index is 1.62. The second kappa shape index (κ2) is 6.69. The number of nitrogens with zero attached hydrogens (tertiary/aromatic N) is 2. The Morgan fingerprint density at radius 1 is 1.20 bits per heavy atom. The zero-order valence-corrected chi connectivity index (χ0v) is 14.9. The Hall–Kier alpha value is -2.05. The normalized spacial score (nSPS) is 22.8. The Labute approximate surface area is 151 Å². The Morgan fingerprint density at radius 2 is 1.96 bits per heavy atom. The fourth-order valence-corrected chi connectivity index (χ4v) is 4.53. The third-order valence-electron chi connectivity index (χ3n) is 4.90. The van der Waals surface area contributed by atoms with Gasteiger partial charge in [0.1, 0.15) is 5.82 Å². The van der Waals surface area contributed by atoms with E-state index < -0.39 is 0 Å². The molecule has 1 saturated carbocycles. The molecule has 0 saturated heterocycles. The lowest BCUT2D eigenvalue weighted by molar-refractivity contribution is 0.0990. The molecule has 0 unspecified atom stereocenters. The number of aliphatic hydroxyl groups is 1. The first-order valence-electron chi connectivity index (χ1n) is 8.61. The molecule has 1 amide bonds. The van der Waals surface area contributed by atoms with Gasteiger partial charge in [-0.25, -0.2) is 4.98 Å². The molecule has 5 nitrogen and oxygen atoms in total. The number of aliphatic hydroxyl groups excluding tert-OH is 1. The molecule has 1 fully saturated rings. The van der Waals surface area contributed by atoms with E-state index in [1.165, 1.54) is 0 Å². The van der Waals surface area contributed by atoms with Crippen molar-refractivity contribution in [3.63, 3.8) is 0 Å². The molecule has 2 N–H and O–H groups in total. The van der Waals surface area contributed by atoms with Crippen molar-refractivity contribution >= 4 is 29.2 Å². The molecular formula is C19H21N3O2S. The fourth-order valence-electron chi connectivity index (χ4n) is 3.41. The molecule has 6 heteroatoms. The lowest BCUT2D eigenvalue weighted by Gasteiger charge is -2.27. The van der Waals surface area contributed by atoms with E-state index in [4.69, 9.17) is 0 Å². The number of anilines is 2. The van der Waals surface area contributed by atoms with Crippen LogP contribution in [0.5, 0.6) is 0 Å². The predicted molar refractivity (Wildman–Crippen MR) is 99.4 cm³/mol. The van der Waals surface area contributed by atoms with Crippen molar-refractivity contribution < 1.29 is 9.90 Å². The summed E-state index contributed by atoms with van der Waals surface area (Å²) in [4.78, 5) is 20.9. The van der Waals surface area contributed by atoms with Crippen LogP contribution in [0.4, 0.5) is 11.5 Å². The smallest absolute Gasteiger partial charge is 0.259 e. The number of hydrogen-bond acceptors (Lipinski definition) is 5. The van der Waals surface area contributed by atoms with Crippen LogP contribution in [0.25, 0.3) is 0 Å². The van der Waals surface area contributed by atoms with Gasteiger partial charge in [0.15, 0.2) is 0 Å². The number of hydrogen-bond donors (Lipinski definition) is 2. The van der Waals surface area contributed by atoms with Crippen LogP contribution in [0.2, 0.25) is 0 Å². The number of pyridine rings is 1. The van der Waals surface area contributed by atoms with E-state index in [1.54, 1.807) is 29.9 Å². The van der Waals surface area contributed by atoms with Crippen molar-refractivity contribution in [2.75, 3.05) is 17.3 Å². The van der Waals surface area contributed by atoms with Crippen molar-refractivity contribution in [3.8, 4) is 0 Å². The standard InChI is InChI=1S/C19H21N3O2S/c1-22-15-11-20-18(21-12-6-8-13(23)9-7-12)10-17(15)25-16-5-3-2-4-14(16)19(22)24/h2-5,10-13,23H,6-9H2,1H3,(H,20,21)/t12-,13-. The number of carbonyl (C=O) groups is 1. The van der Waals surface area contributed by atoms with Crippen LogP contribution in [0.1, 0.15) is 36.0 Å². The number of rotatable bonds is 2. The average Bonchev–Trinajstić information content (AvgIpc) is 2.73. The minimum absolute atomic E-state index is 0.00868. The Kier molecular flexibility index (Phi) is 4.39. The average molecular weight is 355 g/mol. The highest BCUT2D eigenvalue weighted by Gasteiger charge is 2.26. The summed E-state index contributed by atoms with van der Waals surface area (Å²) in [6.07, 6.45) is 5.18. The Bertz CT molecular complexity index is 803. The number of amides is 1. The second-order valence-corrected chi connectivity index (χ2v) is 7.73. The van der Waals surface area contributed by atoms with Crippen molar-refractivity contribution in [2.24, 2.45) is 0 Å². The van der Waals surface area contributed by atoms with Gasteiger partial charge in [-0.05, 0) is 43.9 Å². The van der Waals surface area contributed by atoms with Gasteiger partial charge < -0.3 is 15.3 Å². The Morgan fingerprint density at radius 3 is 2.76 bits per heavy atom. The van der Waals surface area contributed by atoms with Gasteiger partial charge in [0.25, 0.3) is 5.91 Å². The minimum atomic E-state index is -0.162. The van der Waals surface area contributed by atoms with Crippen LogP contribution in [0.3, 0.4) is 0 Å². The quantitative estimate of drug-likeness (QED) is 0.863. The summed E-state index contributed by atoms with van der Waals surface area (Å²) in [6.45, 7) is 0. The molecule has 0 spiro atoms. The summed E-state index contributed by atoms with van der Waals surface area (Å²) in [6, 6.07) is 10.1. The maximum absolute atomic E-state index is 12.7. The van der Waals surface area contributed by atoms with Gasteiger partial charge in [0.05, 0.1) is 23.6 Å². The van der Waals surface area contributed by atoms with E-state index in [0.717, 1.165) is 52.5 Å². The monoisotopic (exact) mass is 355 g/mol. The largest absolute Gasteiger partial charge is 0.393 e. The molecule has 0 atom stereocenters. The fraction of sp³-hybridized carbons (Fsp3) is 0.368. The molecular weight excluding hydrogens is 334 g/mol. The van der Waals surface area contributed by atoms with Gasteiger partial charge in [-0.2, -0.15) is 0 Å². The lowest BCUT2D eigenvalue weighted by Crippen LogP contribution is -2.29. The molecule has 2 heterocycles. The first-order chi connectivity index (χ1) is 12.1. The van der Waals surface area contributed by atoms with E-state index in [0.29, 0.717) is 6.04 Å². The number of carbonyl (C=O) groups excluding carboxylic acids is 1. The van der Waals surface area contributed by atoms with Crippen LogP contribution in [0.15, 0.2) is 46.3 Å². The summed E-state index contributed by atoms with van der Waals surface area (Å²) in [5, 5.41) is 13.1. The maximum Gasteiger partial charge on any atom is 0.259 e. The van der Waals surface area contributed by atoms with Gasteiger partial charge in [-0.15, -0.1) is 0 Å². The van der Waals surface area contributed by atoms with Gasteiger partial charge in [0, 0.05) is 22.9 Å². The van der Waals surface area contributed by atoms with Crippen molar-refractivity contribution in [3.05, 3.63) is 42.1 Å². The first kappa shape index (κ1) is 16.4. The summed E-state index contributed by atoms with van der Waals surface area (Å²) < 4.78 is 0. The number of benzene rings is 1. The van der Waals surface area contributed by atoms with Crippen LogP contribution in [0, 0.1) is 0 Å². The summed E-state index contributed by atoms with van der Waals surface area (Å²) in [7, 11) is 1.79. The highest BCUT2D eigenvalue weighted by molar-refractivity contribution is 7.99. The molecule has 1 aliphatic heterocycles. The number of aromatic nitrogens is 1. The molecule has 2 aromatic rings. The number of fused-ring (bicyclic) bond motifs is 2. The van der Waals surface area contributed by atoms with Crippen LogP contribution in [-0.2, 0) is 0 Å². The lowest BCUT2D eigenvalue weighted by atomic mass is 9.93. The first-order valence-corrected chi connectivity index (χ1v) is 9.43. The van der Waals surface area contributed by atoms with Crippen molar-refractivity contribution in [1.29, 1.82) is 0 Å². The molecule has 1 aromatic carbocycles. The van der Waals surface area contributed by atoms with E-state index in [2.05, 4.69) is 10.3 Å². The van der Waals surface area contributed by atoms with Gasteiger partial charge in [-0.3, -0.25) is 4.79 Å². The van der Waals surface area contributed by atoms with Gasteiger partial charge in [0.2, 0.25) is 0 Å². The molecule has 4 rings (SSSR count). The molecule has 25 heavy (non-hydrogen) atoms. The molecule has 130 valence electrons. The predicted octanol–water partition coefficient (Wildman–Crippen LogP) is 3.54. The highest BCUT2D eigenvalue weighted by atomic mass is 32.2. The zero-order chi connectivity index (χ0) is 17.4. The summed E-state index contributed by atoms with van der Waals surface area (Å²) in [5.41, 5.74) is 1.55. The van der Waals surface area contributed by atoms with E-state index in [1.807, 2.05) is 30.3 Å². The molecule has 2 aliphatic rings. The van der Waals surface area contributed by atoms with E-state index in [-0.39, 0.29) is 12.0 Å². The SMILES string of the molecule is CN1C(=O)c2ccccc2Sc2cc(N[C@H]3CC[C@H](O)CC3)ncc21. The maximum atomic E-state index is 12.7. The minimum Gasteiger partial charge on any atom is -0.393 e. The summed E-state index contributed by atoms with van der Waals surface area (Å²) >= 11 is 1.60. The zero-order valence-electron chi connectivity index (χ0n) is 14.1. The van der Waals surface area contributed by atoms with Crippen molar-refractivity contribution in [1.82, 2.24) is 4.98 Å².